The molecular weight excluding hydrogens is 1930 g/mol. The molecule has 3 aliphatic heterocycles. The van der Waals surface area contributed by atoms with Gasteiger partial charge in [0.05, 0.1) is 72.6 Å². The van der Waals surface area contributed by atoms with Gasteiger partial charge in [0.25, 0.3) is 5.91 Å². The fourth-order valence-electron chi connectivity index (χ4n) is 11.8. The number of anilines is 1. The van der Waals surface area contributed by atoms with E-state index in [0.717, 1.165) is 118 Å². The number of phenols is 3. The SMILES string of the molecule is C/C(=N\O)c1cc(C)c(Br)cc1O.CC(=O)O/N=C(\C)c1cc(C)c(Br)cc1O.CC(=O)OC(C)=O.CC(=O)c1cc(C)c(Br)cc1O.CC1(C)OB(B2OC(C)(C)C(C)(C)O2)OC1(C)C.Cc1cc2c(C)noc2cc1-c1ccc(C(=O)Nc2c(F)cccc2F)s1.Cc1cc2c(C)noc2cc1B1OC(C)(C)C(C)(C)O1.Cc1cc2c(C)noc2cc1Br.NO. The van der Waals surface area contributed by atoms with Crippen LogP contribution in [0.5, 0.6) is 17.2 Å². The average molecular weight is 2030 g/mol. The van der Waals surface area contributed by atoms with Crippen LogP contribution < -0.4 is 16.7 Å². The molecule has 3 fully saturated rings. The van der Waals surface area contributed by atoms with Crippen LogP contribution in [0.3, 0.4) is 0 Å². The van der Waals surface area contributed by atoms with E-state index in [1.165, 1.54) is 56.7 Å². The van der Waals surface area contributed by atoms with E-state index in [0.29, 0.717) is 38.6 Å². The number of carbonyl (C=O) groups excluding carboxylic acids is 5. The van der Waals surface area contributed by atoms with Gasteiger partial charge in [0.1, 0.15) is 34.6 Å². The molecule has 0 radical (unpaired) electrons. The largest absolute Gasteiger partial charge is 0.507 e. The molecule has 28 nitrogen and oxygen atoms in total. The van der Waals surface area contributed by atoms with Crippen molar-refractivity contribution >= 4 is 181 Å². The first-order valence-corrected chi connectivity index (χ1v) is 43.3. The lowest BCUT2D eigenvalue weighted by molar-refractivity contribution is -0.156. The number of ether oxygens (including phenoxy) is 1. The molecule has 0 unspecified atom stereocenters. The molecule has 38 heteroatoms. The standard InChI is InChI=1S/C20H14F2N2O2S.C15H20BNO3.C12H24B2O4.C11H12BrNO3.C9H10BrNO2.C9H8BrNO.C9H9BrO2.C4H6O3.H3NO/c1-10-8-13-11(2)24-26-16(13)9-12(10)17-6-7-18(27-17)20(25)23-19-14(21)4-3-5-15(19)22;1-9-7-11-10(2)17-18-13(11)8-12(9)16-19-14(3,4)15(5,6)20-16;1-9(2)10(3,4)16-13(15-9)14-17-11(5,6)12(7,8)18-14;1-6-4-9(11(15)5-10(6)12)7(2)13-16-8(3)14;1-5-3-7(6(2)11-13)9(12)4-8(5)10;1-5-3-7-6(2)11-12-9(7)4-8(5)10;1-5-3-7(6(2)11)9(12)4-8(5)10;1-3(5)7-4(2)6;1-2/h3-9H,1-2H3,(H,23,25);7-8H,1-6H3;1-8H3;4-5,15H,1-3H3;3-4,12-13H,1-2H3;3-4H,1-2H3;3-4,12H,1-2H3;1-2H3;2H,1H2/b;;;13-7+;11-6+;;;;. The van der Waals surface area contributed by atoms with E-state index in [1.54, 1.807) is 56.3 Å². The molecule has 0 aliphatic carbocycles. The molecule has 8 N–H and O–H groups in total. The van der Waals surface area contributed by atoms with Gasteiger partial charge in [0, 0.05) is 70.8 Å². The lowest BCUT2D eigenvalue weighted by Gasteiger charge is -2.32. The second kappa shape index (κ2) is 44.3. The minimum Gasteiger partial charge on any atom is -0.507 e. The summed E-state index contributed by atoms with van der Waals surface area (Å²) < 4.78 is 86.8. The number of hydrogen-bond acceptors (Lipinski definition) is 28. The molecular formula is C89H106B3Br4F2N7O21S. The summed E-state index contributed by atoms with van der Waals surface area (Å²) in [5.74, 6) is -0.219. The van der Waals surface area contributed by atoms with Crippen molar-refractivity contribution < 1.29 is 110 Å². The van der Waals surface area contributed by atoms with Crippen molar-refractivity contribution in [2.24, 2.45) is 16.2 Å². The minimum absolute atomic E-state index is 0.0278. The maximum Gasteiger partial charge on any atom is 0.495 e. The number of halogens is 6. The Morgan fingerprint density at radius 1 is 0.457 bits per heavy atom. The quantitative estimate of drug-likeness (QED) is 0.0103. The van der Waals surface area contributed by atoms with Gasteiger partial charge in [-0.05, 0) is 302 Å². The zero-order valence-corrected chi connectivity index (χ0v) is 83.0. The van der Waals surface area contributed by atoms with Crippen molar-refractivity contribution in [3.8, 4) is 27.7 Å². The van der Waals surface area contributed by atoms with Crippen LogP contribution in [0.15, 0.2) is 145 Å². The number of para-hydroxylation sites is 1. The highest BCUT2D eigenvalue weighted by atomic mass is 79.9. The Morgan fingerprint density at radius 2 is 0.811 bits per heavy atom. The molecule has 7 heterocycles. The number of carbonyl (C=O) groups is 5. The molecule has 0 saturated carbocycles. The molecule has 3 saturated heterocycles. The van der Waals surface area contributed by atoms with Gasteiger partial charge in [-0.2, -0.15) is 0 Å². The number of hydrogen-bond donors (Lipinski definition) is 7. The molecule has 7 aromatic carbocycles. The van der Waals surface area contributed by atoms with Crippen LogP contribution in [0.2, 0.25) is 0 Å². The van der Waals surface area contributed by atoms with Crippen molar-refractivity contribution in [3.05, 3.63) is 205 Å². The number of nitrogens with one attached hydrogen (secondary N) is 1. The Balaban J connectivity index is 0.000000229. The predicted molar refractivity (Wildman–Crippen MR) is 502 cm³/mol. The van der Waals surface area contributed by atoms with Gasteiger partial charge in [0.2, 0.25) is 0 Å². The van der Waals surface area contributed by atoms with E-state index in [9.17, 15) is 48.1 Å². The molecule has 0 atom stereocenters. The number of benzene rings is 7. The van der Waals surface area contributed by atoms with Crippen molar-refractivity contribution in [2.75, 3.05) is 5.32 Å². The highest BCUT2D eigenvalue weighted by molar-refractivity contribution is 9.11. The number of fused-ring (bicyclic) bond motifs is 3. The van der Waals surface area contributed by atoms with Crippen LogP contribution in [0.25, 0.3) is 43.3 Å². The Bertz CT molecular complexity index is 5800. The highest BCUT2D eigenvalue weighted by Gasteiger charge is 2.64. The second-order valence-corrected chi connectivity index (χ2v) is 37.3. The maximum atomic E-state index is 13.7. The van der Waals surface area contributed by atoms with E-state index < -0.39 is 55.2 Å². The van der Waals surface area contributed by atoms with Crippen LogP contribution in [0.4, 0.5) is 14.5 Å². The Morgan fingerprint density at radius 3 is 1.20 bits per heavy atom. The second-order valence-electron chi connectivity index (χ2n) is 32.8. The summed E-state index contributed by atoms with van der Waals surface area (Å²) in [5.41, 5.74) is 12.8. The molecule has 127 heavy (non-hydrogen) atoms. The normalized spacial score (nSPS) is 15.3. The van der Waals surface area contributed by atoms with Gasteiger partial charge in [-0.15, -0.1) is 11.3 Å². The zero-order chi connectivity index (χ0) is 96.0. The number of oxime groups is 2. The lowest BCUT2D eigenvalue weighted by atomic mass is 9.49. The number of aromatic hydroxyl groups is 3. The van der Waals surface area contributed by atoms with E-state index in [-0.39, 0.29) is 63.8 Å². The Kier molecular flexibility index (Phi) is 37.1. The van der Waals surface area contributed by atoms with Gasteiger partial charge >= 0.3 is 39.0 Å². The first-order valence-electron chi connectivity index (χ1n) is 39.4. The van der Waals surface area contributed by atoms with Gasteiger partial charge in [0.15, 0.2) is 22.5 Å². The number of nitrogens with two attached hydrogens (primary N) is 1. The highest BCUT2D eigenvalue weighted by Crippen LogP contribution is 2.44. The number of rotatable bonds is 9. The van der Waals surface area contributed by atoms with Crippen LogP contribution in [-0.2, 0) is 51.9 Å². The predicted octanol–water partition coefficient (Wildman–Crippen LogP) is 21.4. The molecule has 0 bridgehead atoms. The summed E-state index contributed by atoms with van der Waals surface area (Å²) in [6.45, 7) is 50.3. The number of nitrogens with zero attached hydrogens (tertiary/aromatic N) is 5. The van der Waals surface area contributed by atoms with Crippen molar-refractivity contribution in [1.82, 2.24) is 15.5 Å². The average Bonchev–Trinajstić information content (AvgIpc) is 1.58. The van der Waals surface area contributed by atoms with Gasteiger partial charge in [-0.25, -0.2) is 19.5 Å². The van der Waals surface area contributed by atoms with Gasteiger partial charge in [-0.1, -0.05) is 101 Å². The fourth-order valence-corrected chi connectivity index (χ4v) is 14.1. The number of aromatic nitrogens is 3. The van der Waals surface area contributed by atoms with Gasteiger partial charge < -0.3 is 82.1 Å². The maximum absolute atomic E-state index is 13.7. The Labute approximate surface area is 775 Å². The third-order valence-corrected chi connectivity index (χ3v) is 25.8. The summed E-state index contributed by atoms with van der Waals surface area (Å²) >= 11 is 14.5. The van der Waals surface area contributed by atoms with Crippen LogP contribution in [-0.4, -0.2) is 137 Å². The van der Waals surface area contributed by atoms with Crippen LogP contribution in [0.1, 0.15) is 206 Å². The molecule has 11 aromatic rings. The fraction of sp³-hybridized carbons (Fsp3) is 0.371. The van der Waals surface area contributed by atoms with E-state index in [1.807, 2.05) is 128 Å². The van der Waals surface area contributed by atoms with Crippen molar-refractivity contribution in [1.29, 1.82) is 0 Å². The number of Topliss-reactive ketones (excluding diaryl/α,β-unsaturated/α-hetero) is 1. The first kappa shape index (κ1) is 106. The summed E-state index contributed by atoms with van der Waals surface area (Å²) in [5, 5.41) is 67.4. The molecule has 14 rings (SSSR count). The Hall–Kier alpha value is -9.41. The number of ketones is 1. The molecule has 680 valence electrons. The minimum atomic E-state index is -0.817. The van der Waals surface area contributed by atoms with Crippen molar-refractivity contribution in [3.63, 3.8) is 0 Å². The van der Waals surface area contributed by atoms with Crippen molar-refractivity contribution in [2.45, 2.75) is 221 Å². The molecule has 1 amide bonds. The van der Waals surface area contributed by atoms with E-state index in [4.69, 9.17) is 51.9 Å². The summed E-state index contributed by atoms with van der Waals surface area (Å²) in [6.07, 6.45) is 0. The first-order chi connectivity index (χ1) is 58.8. The third-order valence-electron chi connectivity index (χ3n) is 21.3. The van der Waals surface area contributed by atoms with E-state index >= 15 is 0 Å². The topological polar surface area (TPSA) is 401 Å². The number of aryl methyl sites for hydroxylation is 9. The summed E-state index contributed by atoms with van der Waals surface area (Å²) in [7, 11) is -1.32. The smallest absolute Gasteiger partial charge is 0.495 e. The summed E-state index contributed by atoms with van der Waals surface area (Å²) in [4.78, 5) is 59.3. The third kappa shape index (κ3) is 27.4. The van der Waals surface area contributed by atoms with E-state index in [2.05, 4.69) is 164 Å². The number of thiophene rings is 1. The number of amides is 1. The number of esters is 2. The summed E-state index contributed by atoms with van der Waals surface area (Å²) in [6, 6.07) is 28.7. The molecule has 3 aliphatic rings. The van der Waals surface area contributed by atoms with Crippen LogP contribution >= 0.6 is 75.1 Å². The lowest BCUT2D eigenvalue weighted by Crippen LogP contribution is -2.41. The number of phenolic OH excluding ortho intramolecular Hbond substituents is 3. The van der Waals surface area contributed by atoms with Gasteiger partial charge in [-0.3, -0.25) is 19.2 Å². The monoisotopic (exact) mass is 2030 g/mol. The zero-order valence-electron chi connectivity index (χ0n) is 75.8. The molecule has 4 aromatic heterocycles. The molecule has 0 spiro atoms. The van der Waals surface area contributed by atoms with Crippen LogP contribution in [0, 0.1) is 73.9 Å².